The fourth-order valence-electron chi connectivity index (χ4n) is 1.22. The third-order valence-electron chi connectivity index (χ3n) is 2.20. The Morgan fingerprint density at radius 2 is 2.31 bits per heavy atom. The van der Waals surface area contributed by atoms with Crippen LogP contribution in [-0.2, 0) is 11.3 Å². The lowest BCUT2D eigenvalue weighted by Crippen LogP contribution is -2.31. The molecule has 2 N–H and O–H groups in total. The maximum atomic E-state index is 11.3. The highest BCUT2D eigenvalue weighted by atomic mass is 35.5. The lowest BCUT2D eigenvalue weighted by atomic mass is 10.2. The van der Waals surface area contributed by atoms with E-state index in [1.807, 2.05) is 0 Å². The van der Waals surface area contributed by atoms with Crippen LogP contribution in [0.3, 0.4) is 0 Å². The van der Waals surface area contributed by atoms with Crippen molar-refractivity contribution in [3.05, 3.63) is 32.1 Å². The summed E-state index contributed by atoms with van der Waals surface area (Å²) in [4.78, 5) is 24.4. The molecule has 0 saturated carbocycles. The van der Waals surface area contributed by atoms with Crippen LogP contribution in [0, 0.1) is 0 Å². The molecule has 16 heavy (non-hydrogen) atoms. The largest absolute Gasteiger partial charge is 0.394 e. The van der Waals surface area contributed by atoms with Crippen molar-refractivity contribution in [2.45, 2.75) is 19.1 Å². The standard InChI is InChI=1S/C9H13ClN2O4/c1-16-6(5-13)2-3-12-4-7(10)8(14)11-9(12)15/h4,6,13H,2-3,5H2,1H3,(H,11,14,15). The molecule has 0 amide bonds. The summed E-state index contributed by atoms with van der Waals surface area (Å²) in [6.07, 6.45) is 1.39. The van der Waals surface area contributed by atoms with Crippen LogP contribution in [-0.4, -0.2) is 34.5 Å². The Kier molecular flexibility index (Phi) is 4.72. The number of aliphatic hydroxyl groups is 1. The number of ether oxygens (including phenoxy) is 1. The van der Waals surface area contributed by atoms with Crippen molar-refractivity contribution in [1.29, 1.82) is 0 Å². The quantitative estimate of drug-likeness (QED) is 0.742. The van der Waals surface area contributed by atoms with Crippen LogP contribution in [0.25, 0.3) is 0 Å². The van der Waals surface area contributed by atoms with Crippen molar-refractivity contribution < 1.29 is 9.84 Å². The van der Waals surface area contributed by atoms with E-state index >= 15 is 0 Å². The van der Waals surface area contributed by atoms with Crippen LogP contribution in [0.2, 0.25) is 5.02 Å². The fourth-order valence-corrected chi connectivity index (χ4v) is 1.38. The first-order valence-corrected chi connectivity index (χ1v) is 5.09. The van der Waals surface area contributed by atoms with Gasteiger partial charge in [-0.05, 0) is 6.42 Å². The van der Waals surface area contributed by atoms with E-state index in [1.165, 1.54) is 17.9 Å². The number of nitrogens with one attached hydrogen (secondary N) is 1. The third-order valence-corrected chi connectivity index (χ3v) is 2.47. The van der Waals surface area contributed by atoms with Gasteiger partial charge in [0, 0.05) is 19.9 Å². The molecular formula is C9H13ClN2O4. The minimum absolute atomic E-state index is 0.0439. The van der Waals surface area contributed by atoms with Gasteiger partial charge in [-0.2, -0.15) is 0 Å². The van der Waals surface area contributed by atoms with Gasteiger partial charge in [-0.3, -0.25) is 14.3 Å². The lowest BCUT2D eigenvalue weighted by Gasteiger charge is -2.12. The molecule has 1 heterocycles. The fraction of sp³-hybridized carbons (Fsp3) is 0.556. The zero-order valence-electron chi connectivity index (χ0n) is 8.77. The van der Waals surface area contributed by atoms with E-state index in [0.29, 0.717) is 13.0 Å². The summed E-state index contributed by atoms with van der Waals surface area (Å²) < 4.78 is 6.21. The zero-order chi connectivity index (χ0) is 12.1. The van der Waals surface area contributed by atoms with Crippen molar-refractivity contribution in [3.8, 4) is 0 Å². The van der Waals surface area contributed by atoms with Gasteiger partial charge >= 0.3 is 5.69 Å². The highest BCUT2D eigenvalue weighted by molar-refractivity contribution is 6.30. The van der Waals surface area contributed by atoms with Crippen LogP contribution < -0.4 is 11.2 Å². The second kappa shape index (κ2) is 5.83. The first kappa shape index (κ1) is 13.0. The molecule has 0 fully saturated rings. The van der Waals surface area contributed by atoms with Crippen molar-refractivity contribution in [1.82, 2.24) is 9.55 Å². The summed E-state index contributed by atoms with van der Waals surface area (Å²) >= 11 is 5.58. The first-order chi connectivity index (χ1) is 7.58. The molecule has 6 nitrogen and oxygen atoms in total. The average molecular weight is 249 g/mol. The van der Waals surface area contributed by atoms with Gasteiger partial charge in [-0.25, -0.2) is 4.79 Å². The van der Waals surface area contributed by atoms with Gasteiger partial charge in [0.15, 0.2) is 0 Å². The minimum atomic E-state index is -0.603. The summed E-state index contributed by atoms with van der Waals surface area (Å²) in [5.41, 5.74) is -1.13. The normalized spacial score (nSPS) is 12.7. The van der Waals surface area contributed by atoms with E-state index in [1.54, 1.807) is 0 Å². The summed E-state index contributed by atoms with van der Waals surface area (Å²) in [7, 11) is 1.48. The zero-order valence-corrected chi connectivity index (χ0v) is 9.53. The van der Waals surface area contributed by atoms with Crippen LogP contribution >= 0.6 is 11.6 Å². The van der Waals surface area contributed by atoms with Crippen LogP contribution in [0.5, 0.6) is 0 Å². The number of halogens is 1. The predicted octanol–water partition coefficient (Wildman–Crippen LogP) is -0.413. The predicted molar refractivity (Wildman–Crippen MR) is 58.8 cm³/mol. The second-order valence-corrected chi connectivity index (χ2v) is 3.67. The van der Waals surface area contributed by atoms with E-state index in [4.69, 9.17) is 21.4 Å². The Hall–Kier alpha value is -1.11. The summed E-state index contributed by atoms with van der Waals surface area (Å²) in [5.74, 6) is 0. The first-order valence-electron chi connectivity index (χ1n) is 4.71. The molecule has 1 aromatic rings. The van der Waals surface area contributed by atoms with Crippen LogP contribution in [0.1, 0.15) is 6.42 Å². The molecule has 1 rings (SSSR count). The molecule has 0 radical (unpaired) electrons. The van der Waals surface area contributed by atoms with Crippen LogP contribution in [0.15, 0.2) is 15.8 Å². The number of rotatable bonds is 5. The summed E-state index contributed by atoms with van der Waals surface area (Å²) in [6.45, 7) is 0.191. The van der Waals surface area contributed by atoms with Gasteiger partial charge in [-0.1, -0.05) is 11.6 Å². The van der Waals surface area contributed by atoms with Crippen LogP contribution in [0.4, 0.5) is 0 Å². The average Bonchev–Trinajstić information content (AvgIpc) is 2.26. The van der Waals surface area contributed by atoms with Crippen molar-refractivity contribution in [2.75, 3.05) is 13.7 Å². The number of aromatic nitrogens is 2. The third kappa shape index (κ3) is 3.19. The number of methoxy groups -OCH3 is 1. The SMILES string of the molecule is COC(CO)CCn1cc(Cl)c(=O)[nH]c1=O. The molecule has 7 heteroatoms. The highest BCUT2D eigenvalue weighted by Crippen LogP contribution is 2.00. The van der Waals surface area contributed by atoms with E-state index in [-0.39, 0.29) is 17.7 Å². The number of hydrogen-bond acceptors (Lipinski definition) is 4. The second-order valence-electron chi connectivity index (χ2n) is 3.26. The summed E-state index contributed by atoms with van der Waals surface area (Å²) in [6, 6.07) is 0. The van der Waals surface area contributed by atoms with Gasteiger partial charge in [0.05, 0.1) is 12.7 Å². The van der Waals surface area contributed by atoms with Gasteiger partial charge in [0.2, 0.25) is 0 Å². The molecule has 0 aromatic carbocycles. The molecule has 1 atom stereocenters. The Morgan fingerprint density at radius 1 is 1.62 bits per heavy atom. The monoisotopic (exact) mass is 248 g/mol. The van der Waals surface area contributed by atoms with Crippen molar-refractivity contribution in [2.24, 2.45) is 0 Å². The Morgan fingerprint density at radius 3 is 2.88 bits per heavy atom. The van der Waals surface area contributed by atoms with E-state index in [2.05, 4.69) is 4.98 Å². The lowest BCUT2D eigenvalue weighted by molar-refractivity contribution is 0.0401. The molecule has 0 bridgehead atoms. The molecule has 0 spiro atoms. The number of hydrogen-bond donors (Lipinski definition) is 2. The Balaban J connectivity index is 2.78. The van der Waals surface area contributed by atoms with E-state index in [9.17, 15) is 9.59 Å². The maximum Gasteiger partial charge on any atom is 0.328 e. The number of nitrogens with zero attached hydrogens (tertiary/aromatic N) is 1. The van der Waals surface area contributed by atoms with Crippen molar-refractivity contribution >= 4 is 11.6 Å². The molecule has 0 aliphatic rings. The molecule has 1 aromatic heterocycles. The molecule has 1 unspecified atom stereocenters. The van der Waals surface area contributed by atoms with E-state index < -0.39 is 11.2 Å². The number of aliphatic hydroxyl groups excluding tert-OH is 1. The van der Waals surface area contributed by atoms with Gasteiger partial charge in [0.25, 0.3) is 5.56 Å². The van der Waals surface area contributed by atoms with E-state index in [0.717, 1.165) is 0 Å². The van der Waals surface area contributed by atoms with Gasteiger partial charge in [-0.15, -0.1) is 0 Å². The molecule has 0 aliphatic carbocycles. The van der Waals surface area contributed by atoms with Gasteiger partial charge < -0.3 is 9.84 Å². The number of H-pyrrole nitrogens is 1. The molecule has 0 aliphatic heterocycles. The van der Waals surface area contributed by atoms with Crippen molar-refractivity contribution in [3.63, 3.8) is 0 Å². The molecule has 0 saturated heterocycles. The Bertz CT molecular complexity index is 450. The number of aromatic amines is 1. The topological polar surface area (TPSA) is 84.3 Å². The Labute approximate surface area is 96.4 Å². The number of aryl methyl sites for hydroxylation is 1. The molecule has 90 valence electrons. The highest BCUT2D eigenvalue weighted by Gasteiger charge is 2.07. The maximum absolute atomic E-state index is 11.3. The van der Waals surface area contributed by atoms with Gasteiger partial charge in [0.1, 0.15) is 5.02 Å². The summed E-state index contributed by atoms with van der Waals surface area (Å²) in [5, 5.41) is 8.83. The minimum Gasteiger partial charge on any atom is -0.394 e. The smallest absolute Gasteiger partial charge is 0.328 e. The molecular weight excluding hydrogens is 236 g/mol.